The van der Waals surface area contributed by atoms with Gasteiger partial charge in [0, 0.05) is 0 Å². The summed E-state index contributed by atoms with van der Waals surface area (Å²) in [6, 6.07) is 0. The Labute approximate surface area is 86.4 Å². The first-order chi connectivity index (χ1) is 5.10. The largest absolute Gasteiger partial charge is 0.0865 e. The average molecular weight is 284 g/mol. The van der Waals surface area contributed by atoms with Gasteiger partial charge in [-0.25, -0.2) is 0 Å². The summed E-state index contributed by atoms with van der Waals surface area (Å²) in [7, 11) is 0. The van der Waals surface area contributed by atoms with Crippen molar-refractivity contribution in [2.75, 3.05) is 0 Å². The molecule has 0 N–H and O–H groups in total. The Hall–Kier alpha value is 0.960. The molecule has 1 saturated carbocycles. The van der Waals surface area contributed by atoms with Crippen LogP contribution in [-0.2, 0) is 0 Å². The van der Waals surface area contributed by atoms with Crippen LogP contribution in [-0.4, -0.2) is 3.23 Å². The lowest BCUT2D eigenvalue weighted by molar-refractivity contribution is 0.595. The fraction of sp³-hybridized carbons (Fsp3) is 1.00. The number of hydrogen-bond donors (Lipinski definition) is 0. The Balaban J connectivity index is 2.11. The Morgan fingerprint density at radius 1 is 1.27 bits per heavy atom. The van der Waals surface area contributed by atoms with Gasteiger partial charge in [0.25, 0.3) is 0 Å². The maximum absolute atomic E-state index is 3.69. The lowest BCUT2D eigenvalue weighted by atomic mass is 10.1. The molecule has 1 fully saturated rings. The van der Waals surface area contributed by atoms with Crippen molar-refractivity contribution >= 4 is 31.9 Å². The van der Waals surface area contributed by atoms with Crippen molar-refractivity contribution in [1.82, 2.24) is 0 Å². The van der Waals surface area contributed by atoms with Gasteiger partial charge in [0.05, 0.1) is 3.23 Å². The minimum atomic E-state index is 0.299. The smallest absolute Gasteiger partial charge is 0.0721 e. The Morgan fingerprint density at radius 3 is 2.18 bits per heavy atom. The maximum atomic E-state index is 3.69. The normalized spacial score (nSPS) is 33.8. The third-order valence-corrected chi connectivity index (χ3v) is 5.34. The van der Waals surface area contributed by atoms with Crippen LogP contribution in [0.1, 0.15) is 39.5 Å². The zero-order valence-corrected chi connectivity index (χ0v) is 10.4. The highest BCUT2D eigenvalue weighted by molar-refractivity contribution is 9.25. The van der Waals surface area contributed by atoms with Gasteiger partial charge in [-0.15, -0.1) is 0 Å². The first kappa shape index (κ1) is 10.0. The molecule has 0 spiro atoms. The molecule has 0 bridgehead atoms. The van der Waals surface area contributed by atoms with Gasteiger partial charge in [0.1, 0.15) is 0 Å². The van der Waals surface area contributed by atoms with Gasteiger partial charge in [-0.2, -0.15) is 0 Å². The first-order valence-corrected chi connectivity index (χ1v) is 6.07. The number of halogens is 2. The van der Waals surface area contributed by atoms with E-state index in [0.29, 0.717) is 3.23 Å². The summed E-state index contributed by atoms with van der Waals surface area (Å²) in [4.78, 5) is 0. The third kappa shape index (κ3) is 2.21. The molecule has 0 amide bonds. The summed E-state index contributed by atoms with van der Waals surface area (Å²) < 4.78 is 0.299. The van der Waals surface area contributed by atoms with E-state index in [1.807, 2.05) is 0 Å². The zero-order valence-electron chi connectivity index (χ0n) is 7.24. The molecule has 0 aromatic carbocycles. The molecule has 2 unspecified atom stereocenters. The lowest BCUT2D eigenvalue weighted by Gasteiger charge is -1.98. The van der Waals surface area contributed by atoms with Crippen LogP contribution in [0.3, 0.4) is 0 Å². The molecular formula is C9H16Br2. The van der Waals surface area contributed by atoms with E-state index >= 15 is 0 Å². The summed E-state index contributed by atoms with van der Waals surface area (Å²) in [6.45, 7) is 4.56. The van der Waals surface area contributed by atoms with E-state index in [1.165, 1.54) is 25.7 Å². The molecule has 0 saturated heterocycles. The molecule has 1 aliphatic carbocycles. The van der Waals surface area contributed by atoms with Crippen LogP contribution in [0.4, 0.5) is 0 Å². The first-order valence-electron chi connectivity index (χ1n) is 4.48. The van der Waals surface area contributed by atoms with Crippen LogP contribution in [0.2, 0.25) is 0 Å². The van der Waals surface area contributed by atoms with Gasteiger partial charge < -0.3 is 0 Å². The Bertz CT molecular complexity index is 132. The molecule has 0 radical (unpaired) electrons. The second kappa shape index (κ2) is 3.78. The van der Waals surface area contributed by atoms with Gasteiger partial charge in [0.15, 0.2) is 0 Å². The van der Waals surface area contributed by atoms with Crippen LogP contribution in [0.15, 0.2) is 0 Å². The number of unbranched alkanes of at least 4 members (excludes halogenated alkanes) is 2. The van der Waals surface area contributed by atoms with E-state index in [4.69, 9.17) is 0 Å². The van der Waals surface area contributed by atoms with E-state index in [0.717, 1.165) is 11.8 Å². The van der Waals surface area contributed by atoms with Crippen molar-refractivity contribution < 1.29 is 0 Å². The molecular weight excluding hydrogens is 268 g/mol. The molecule has 2 atom stereocenters. The average Bonchev–Trinajstić information content (AvgIpc) is 2.39. The second-order valence-electron chi connectivity index (χ2n) is 3.57. The topological polar surface area (TPSA) is 0 Å². The second-order valence-corrected chi connectivity index (χ2v) is 7.25. The van der Waals surface area contributed by atoms with Crippen LogP contribution in [0.5, 0.6) is 0 Å². The Morgan fingerprint density at radius 2 is 1.82 bits per heavy atom. The van der Waals surface area contributed by atoms with Crippen molar-refractivity contribution in [3.05, 3.63) is 0 Å². The van der Waals surface area contributed by atoms with E-state index < -0.39 is 0 Å². The van der Waals surface area contributed by atoms with Crippen LogP contribution < -0.4 is 0 Å². The van der Waals surface area contributed by atoms with Gasteiger partial charge in [0.2, 0.25) is 0 Å². The molecule has 0 aromatic heterocycles. The van der Waals surface area contributed by atoms with Gasteiger partial charge in [-0.1, -0.05) is 65.0 Å². The molecule has 2 heteroatoms. The van der Waals surface area contributed by atoms with Crippen LogP contribution in [0.25, 0.3) is 0 Å². The van der Waals surface area contributed by atoms with Crippen molar-refractivity contribution in [2.45, 2.75) is 42.8 Å². The van der Waals surface area contributed by atoms with E-state index in [-0.39, 0.29) is 0 Å². The van der Waals surface area contributed by atoms with E-state index in [2.05, 4.69) is 45.7 Å². The fourth-order valence-electron chi connectivity index (χ4n) is 1.62. The van der Waals surface area contributed by atoms with Crippen LogP contribution >= 0.6 is 31.9 Å². The summed E-state index contributed by atoms with van der Waals surface area (Å²) in [5.74, 6) is 1.69. The van der Waals surface area contributed by atoms with E-state index in [1.54, 1.807) is 0 Å². The predicted octanol–water partition coefficient (Wildman–Crippen LogP) is 4.32. The summed E-state index contributed by atoms with van der Waals surface area (Å²) in [5.41, 5.74) is 0. The van der Waals surface area contributed by atoms with Crippen molar-refractivity contribution in [2.24, 2.45) is 11.8 Å². The molecule has 0 aromatic rings. The van der Waals surface area contributed by atoms with Gasteiger partial charge in [-0.3, -0.25) is 0 Å². The lowest BCUT2D eigenvalue weighted by Crippen LogP contribution is -1.88. The molecule has 11 heavy (non-hydrogen) atoms. The number of alkyl halides is 2. The van der Waals surface area contributed by atoms with Crippen molar-refractivity contribution in [3.8, 4) is 0 Å². The summed E-state index contributed by atoms with van der Waals surface area (Å²) >= 11 is 7.37. The van der Waals surface area contributed by atoms with Crippen LogP contribution in [0, 0.1) is 11.8 Å². The fourth-order valence-corrected chi connectivity index (χ4v) is 3.24. The SMILES string of the molecule is CCCCCC1C(C)C1(Br)Br. The maximum Gasteiger partial charge on any atom is 0.0865 e. The number of rotatable bonds is 4. The molecule has 66 valence electrons. The Kier molecular flexibility index (Phi) is 3.45. The standard InChI is InChI=1S/C9H16Br2/c1-3-4-5-6-8-7(2)9(8,10)11/h7-8H,3-6H2,1-2H3. The summed E-state index contributed by atoms with van der Waals surface area (Å²) in [5, 5.41) is 0. The monoisotopic (exact) mass is 282 g/mol. The predicted molar refractivity (Wildman–Crippen MR) is 57.4 cm³/mol. The zero-order chi connectivity index (χ0) is 8.48. The molecule has 0 aliphatic heterocycles. The molecule has 0 nitrogen and oxygen atoms in total. The minimum absolute atomic E-state index is 0.299. The highest BCUT2D eigenvalue weighted by Gasteiger charge is 2.57. The molecule has 0 heterocycles. The van der Waals surface area contributed by atoms with Crippen molar-refractivity contribution in [3.63, 3.8) is 0 Å². The van der Waals surface area contributed by atoms with E-state index in [9.17, 15) is 0 Å². The third-order valence-electron chi connectivity index (χ3n) is 2.71. The van der Waals surface area contributed by atoms with Gasteiger partial charge >= 0.3 is 0 Å². The number of hydrogen-bond acceptors (Lipinski definition) is 0. The quantitative estimate of drug-likeness (QED) is 0.532. The minimum Gasteiger partial charge on any atom is -0.0721 e. The molecule has 1 aliphatic rings. The summed E-state index contributed by atoms with van der Waals surface area (Å²) in [6.07, 6.45) is 5.49. The van der Waals surface area contributed by atoms with Crippen molar-refractivity contribution in [1.29, 1.82) is 0 Å². The molecule has 1 rings (SSSR count). The highest BCUT2D eigenvalue weighted by Crippen LogP contribution is 2.63. The highest BCUT2D eigenvalue weighted by atomic mass is 79.9. The van der Waals surface area contributed by atoms with Gasteiger partial charge in [-0.05, 0) is 18.3 Å².